The van der Waals surface area contributed by atoms with E-state index in [1.807, 2.05) is 18.2 Å². The SMILES string of the molecule is COc1cccc(CN(C)S(=O)(=O)c2ccc(OC)c(OC)c2)c1. The lowest BCUT2D eigenvalue weighted by Gasteiger charge is -2.18. The van der Waals surface area contributed by atoms with Gasteiger partial charge in [-0.1, -0.05) is 12.1 Å². The van der Waals surface area contributed by atoms with Gasteiger partial charge in [0.2, 0.25) is 10.0 Å². The molecule has 0 N–H and O–H groups in total. The van der Waals surface area contributed by atoms with Crippen LogP contribution in [-0.2, 0) is 16.6 Å². The third-order valence-electron chi connectivity index (χ3n) is 3.60. The Morgan fingerprint density at radius 1 is 0.917 bits per heavy atom. The molecule has 0 saturated heterocycles. The fourth-order valence-corrected chi connectivity index (χ4v) is 3.44. The van der Waals surface area contributed by atoms with E-state index in [1.54, 1.807) is 19.2 Å². The largest absolute Gasteiger partial charge is 0.497 e. The third kappa shape index (κ3) is 3.80. The number of hydrogen-bond donors (Lipinski definition) is 0. The first-order valence-electron chi connectivity index (χ1n) is 7.23. The number of nitrogens with zero attached hydrogens (tertiary/aromatic N) is 1. The van der Waals surface area contributed by atoms with Gasteiger partial charge < -0.3 is 14.2 Å². The molecule has 0 aliphatic rings. The minimum absolute atomic E-state index is 0.144. The summed E-state index contributed by atoms with van der Waals surface area (Å²) in [6.45, 7) is 0.230. The fourth-order valence-electron chi connectivity index (χ4n) is 2.27. The van der Waals surface area contributed by atoms with Crippen molar-refractivity contribution >= 4 is 10.0 Å². The van der Waals surface area contributed by atoms with Gasteiger partial charge in [0.1, 0.15) is 5.75 Å². The quantitative estimate of drug-likeness (QED) is 0.767. The van der Waals surface area contributed by atoms with E-state index < -0.39 is 10.0 Å². The second-order valence-electron chi connectivity index (χ2n) is 5.13. The molecule has 0 radical (unpaired) electrons. The van der Waals surface area contributed by atoms with Crippen LogP contribution in [0.1, 0.15) is 5.56 Å². The summed E-state index contributed by atoms with van der Waals surface area (Å²) in [7, 11) is 2.42. The average Bonchev–Trinajstić information content (AvgIpc) is 2.61. The van der Waals surface area contributed by atoms with Gasteiger partial charge in [-0.15, -0.1) is 0 Å². The van der Waals surface area contributed by atoms with Crippen molar-refractivity contribution in [2.45, 2.75) is 11.4 Å². The summed E-state index contributed by atoms with van der Waals surface area (Å²) in [5.74, 6) is 1.53. The monoisotopic (exact) mass is 351 g/mol. The summed E-state index contributed by atoms with van der Waals surface area (Å²) < 4.78 is 42.3. The van der Waals surface area contributed by atoms with Gasteiger partial charge >= 0.3 is 0 Å². The van der Waals surface area contributed by atoms with Crippen molar-refractivity contribution in [1.29, 1.82) is 0 Å². The Hall–Kier alpha value is -2.25. The molecule has 2 aromatic carbocycles. The molecule has 0 spiro atoms. The predicted molar refractivity (Wildman–Crippen MR) is 91.2 cm³/mol. The van der Waals surface area contributed by atoms with Crippen molar-refractivity contribution in [1.82, 2.24) is 4.31 Å². The highest BCUT2D eigenvalue weighted by atomic mass is 32.2. The van der Waals surface area contributed by atoms with Crippen LogP contribution in [0.4, 0.5) is 0 Å². The summed E-state index contributed by atoms with van der Waals surface area (Å²) in [6, 6.07) is 11.8. The van der Waals surface area contributed by atoms with Crippen molar-refractivity contribution < 1.29 is 22.6 Å². The van der Waals surface area contributed by atoms with Gasteiger partial charge in [0.05, 0.1) is 26.2 Å². The molecule has 2 rings (SSSR count). The van der Waals surface area contributed by atoms with Crippen LogP contribution in [0, 0.1) is 0 Å². The molecule has 24 heavy (non-hydrogen) atoms. The molecule has 2 aromatic rings. The Labute approximate surface area is 142 Å². The van der Waals surface area contributed by atoms with Crippen LogP contribution in [0.3, 0.4) is 0 Å². The Kier molecular flexibility index (Phi) is 5.69. The van der Waals surface area contributed by atoms with E-state index in [0.29, 0.717) is 17.2 Å². The Morgan fingerprint density at radius 2 is 1.62 bits per heavy atom. The van der Waals surface area contributed by atoms with Gasteiger partial charge in [-0.2, -0.15) is 4.31 Å². The molecule has 0 bridgehead atoms. The minimum Gasteiger partial charge on any atom is -0.497 e. The molecule has 0 amide bonds. The molecule has 0 atom stereocenters. The van der Waals surface area contributed by atoms with E-state index in [4.69, 9.17) is 14.2 Å². The number of hydrogen-bond acceptors (Lipinski definition) is 5. The molecule has 0 saturated carbocycles. The third-order valence-corrected chi connectivity index (χ3v) is 5.40. The number of benzene rings is 2. The van der Waals surface area contributed by atoms with Gasteiger partial charge in [0.25, 0.3) is 0 Å². The lowest BCUT2D eigenvalue weighted by Crippen LogP contribution is -2.26. The normalized spacial score (nSPS) is 11.4. The van der Waals surface area contributed by atoms with E-state index in [9.17, 15) is 8.42 Å². The van der Waals surface area contributed by atoms with Crippen molar-refractivity contribution in [3.63, 3.8) is 0 Å². The summed E-state index contributed by atoms with van der Waals surface area (Å²) in [6.07, 6.45) is 0. The topological polar surface area (TPSA) is 65.1 Å². The molecule has 0 unspecified atom stereocenters. The molecule has 0 aliphatic carbocycles. The van der Waals surface area contributed by atoms with Gasteiger partial charge in [0, 0.05) is 19.7 Å². The predicted octanol–water partition coefficient (Wildman–Crippen LogP) is 2.53. The minimum atomic E-state index is -3.66. The van der Waals surface area contributed by atoms with Crippen LogP contribution >= 0.6 is 0 Å². The Bertz CT molecular complexity index is 804. The highest BCUT2D eigenvalue weighted by molar-refractivity contribution is 7.89. The second kappa shape index (κ2) is 7.55. The second-order valence-corrected chi connectivity index (χ2v) is 7.17. The maximum atomic E-state index is 12.8. The zero-order valence-corrected chi connectivity index (χ0v) is 15.0. The highest BCUT2D eigenvalue weighted by Gasteiger charge is 2.22. The lowest BCUT2D eigenvalue weighted by molar-refractivity contribution is 0.353. The van der Waals surface area contributed by atoms with Gasteiger partial charge in [-0.05, 0) is 29.8 Å². The first-order valence-corrected chi connectivity index (χ1v) is 8.67. The Balaban J connectivity index is 2.28. The van der Waals surface area contributed by atoms with Gasteiger partial charge in [-0.3, -0.25) is 0 Å². The summed E-state index contributed by atoms with van der Waals surface area (Å²) in [5, 5.41) is 0. The molecule has 7 heteroatoms. The molecule has 0 aliphatic heterocycles. The van der Waals surface area contributed by atoms with E-state index >= 15 is 0 Å². The maximum Gasteiger partial charge on any atom is 0.243 e. The van der Waals surface area contributed by atoms with E-state index in [0.717, 1.165) is 5.56 Å². The molecular formula is C17H21NO5S. The fraction of sp³-hybridized carbons (Fsp3) is 0.294. The molecule has 130 valence electrons. The summed E-state index contributed by atoms with van der Waals surface area (Å²) in [5.41, 5.74) is 0.834. The van der Waals surface area contributed by atoms with Crippen LogP contribution in [0.5, 0.6) is 17.2 Å². The van der Waals surface area contributed by atoms with E-state index in [-0.39, 0.29) is 11.4 Å². The average molecular weight is 351 g/mol. The van der Waals surface area contributed by atoms with E-state index in [2.05, 4.69) is 0 Å². The summed E-state index contributed by atoms with van der Waals surface area (Å²) in [4.78, 5) is 0.144. The van der Waals surface area contributed by atoms with Crippen molar-refractivity contribution in [2.75, 3.05) is 28.4 Å². The molecular weight excluding hydrogens is 330 g/mol. The smallest absolute Gasteiger partial charge is 0.243 e. The van der Waals surface area contributed by atoms with Crippen LogP contribution in [0.2, 0.25) is 0 Å². The lowest BCUT2D eigenvalue weighted by atomic mass is 10.2. The Morgan fingerprint density at radius 3 is 2.25 bits per heavy atom. The molecule has 0 fully saturated rings. The zero-order chi connectivity index (χ0) is 17.7. The molecule has 0 aromatic heterocycles. The molecule has 0 heterocycles. The maximum absolute atomic E-state index is 12.8. The number of sulfonamides is 1. The molecule has 6 nitrogen and oxygen atoms in total. The highest BCUT2D eigenvalue weighted by Crippen LogP contribution is 2.30. The van der Waals surface area contributed by atoms with Gasteiger partial charge in [0.15, 0.2) is 11.5 Å². The zero-order valence-electron chi connectivity index (χ0n) is 14.1. The van der Waals surface area contributed by atoms with Crippen LogP contribution in [0.25, 0.3) is 0 Å². The standard InChI is InChI=1S/C17H21NO5S/c1-18(12-13-6-5-7-14(10-13)21-2)24(19,20)15-8-9-16(22-3)17(11-15)23-4/h5-11H,12H2,1-4H3. The van der Waals surface area contributed by atoms with Crippen molar-refractivity contribution in [3.8, 4) is 17.2 Å². The van der Waals surface area contributed by atoms with Crippen molar-refractivity contribution in [2.24, 2.45) is 0 Å². The first-order chi connectivity index (χ1) is 11.4. The van der Waals surface area contributed by atoms with E-state index in [1.165, 1.54) is 37.7 Å². The van der Waals surface area contributed by atoms with Gasteiger partial charge in [-0.25, -0.2) is 8.42 Å². The summed E-state index contributed by atoms with van der Waals surface area (Å²) >= 11 is 0. The van der Waals surface area contributed by atoms with Crippen molar-refractivity contribution in [3.05, 3.63) is 48.0 Å². The van der Waals surface area contributed by atoms with Crippen LogP contribution in [0.15, 0.2) is 47.4 Å². The van der Waals surface area contributed by atoms with Crippen LogP contribution < -0.4 is 14.2 Å². The number of rotatable bonds is 7. The number of ether oxygens (including phenoxy) is 3. The van der Waals surface area contributed by atoms with Crippen LogP contribution in [-0.4, -0.2) is 41.1 Å². The number of methoxy groups -OCH3 is 3. The first kappa shape index (κ1) is 18.1.